The van der Waals surface area contributed by atoms with Gasteiger partial charge in [0.1, 0.15) is 0 Å². The summed E-state index contributed by atoms with van der Waals surface area (Å²) < 4.78 is 0. The van der Waals surface area contributed by atoms with Crippen LogP contribution in [0.5, 0.6) is 0 Å². The molecule has 0 aliphatic heterocycles. The van der Waals surface area contributed by atoms with Gasteiger partial charge in [0.05, 0.1) is 0 Å². The van der Waals surface area contributed by atoms with Crippen LogP contribution in [0.1, 0.15) is 52.4 Å². The first-order chi connectivity index (χ1) is 8.49. The number of rotatable bonds is 2. The predicted molar refractivity (Wildman–Crippen MR) is 76.0 cm³/mol. The van der Waals surface area contributed by atoms with Crippen LogP contribution in [-0.4, -0.2) is 13.1 Å². The van der Waals surface area contributed by atoms with E-state index in [1.165, 1.54) is 38.5 Å². The van der Waals surface area contributed by atoms with Crippen LogP contribution in [0.15, 0.2) is 0 Å². The molecule has 4 N–H and O–H groups in total. The molecule has 3 aliphatic carbocycles. The molecule has 3 fully saturated rings. The Balaban J connectivity index is 1.80. The van der Waals surface area contributed by atoms with E-state index in [-0.39, 0.29) is 0 Å². The van der Waals surface area contributed by atoms with Crippen molar-refractivity contribution >= 4 is 0 Å². The molecule has 0 aromatic heterocycles. The van der Waals surface area contributed by atoms with Crippen LogP contribution in [0.3, 0.4) is 0 Å². The fourth-order valence-corrected chi connectivity index (χ4v) is 5.56. The molecule has 2 heteroatoms. The lowest BCUT2D eigenvalue weighted by molar-refractivity contribution is 0.0966. The van der Waals surface area contributed by atoms with Crippen molar-refractivity contribution in [3.63, 3.8) is 0 Å². The molecule has 0 saturated heterocycles. The highest BCUT2D eigenvalue weighted by atomic mass is 14.7. The summed E-state index contributed by atoms with van der Waals surface area (Å²) >= 11 is 0. The smallest absolute Gasteiger partial charge is 0.00230 e. The lowest BCUT2D eigenvalue weighted by Gasteiger charge is -2.41. The van der Waals surface area contributed by atoms with Gasteiger partial charge in [-0.1, -0.05) is 13.8 Å². The zero-order valence-corrected chi connectivity index (χ0v) is 12.1. The highest BCUT2D eigenvalue weighted by molar-refractivity contribution is 5.04. The third kappa shape index (κ3) is 1.92. The van der Waals surface area contributed by atoms with Crippen LogP contribution in [0.25, 0.3) is 0 Å². The van der Waals surface area contributed by atoms with Crippen molar-refractivity contribution in [2.75, 3.05) is 13.1 Å². The van der Waals surface area contributed by atoms with Gasteiger partial charge < -0.3 is 11.5 Å². The Morgan fingerprint density at radius 1 is 0.889 bits per heavy atom. The van der Waals surface area contributed by atoms with Crippen molar-refractivity contribution in [3.8, 4) is 0 Å². The lowest BCUT2D eigenvalue weighted by atomic mass is 9.65. The molecule has 0 heterocycles. The second-order valence-electron chi connectivity index (χ2n) is 8.26. The minimum Gasteiger partial charge on any atom is -0.330 e. The summed E-state index contributed by atoms with van der Waals surface area (Å²) in [6.45, 7) is 6.59. The third-order valence-electron chi connectivity index (χ3n) is 6.67. The Morgan fingerprint density at radius 3 is 2.11 bits per heavy atom. The normalized spacial score (nSPS) is 55.3. The molecule has 0 radical (unpaired) electrons. The van der Waals surface area contributed by atoms with Gasteiger partial charge in [0.2, 0.25) is 0 Å². The molecule has 2 bridgehead atoms. The number of nitrogens with two attached hydrogens (primary N) is 2. The van der Waals surface area contributed by atoms with Crippen LogP contribution < -0.4 is 11.5 Å². The van der Waals surface area contributed by atoms with E-state index in [0.717, 1.165) is 36.8 Å². The Hall–Kier alpha value is -0.0800. The number of hydrogen-bond acceptors (Lipinski definition) is 2. The molecule has 6 atom stereocenters. The maximum absolute atomic E-state index is 6.04. The van der Waals surface area contributed by atoms with Crippen LogP contribution in [0.4, 0.5) is 0 Å². The minimum absolute atomic E-state index is 0.428. The zero-order valence-electron chi connectivity index (χ0n) is 12.1. The van der Waals surface area contributed by atoms with Crippen molar-refractivity contribution in [1.29, 1.82) is 0 Å². The molecule has 18 heavy (non-hydrogen) atoms. The SMILES string of the molecule is CC1(CN)CC2CC(C1)C1CC(C)(CN)CCC21. The van der Waals surface area contributed by atoms with Crippen molar-refractivity contribution in [2.45, 2.75) is 52.4 Å². The molecule has 3 rings (SSSR count). The van der Waals surface area contributed by atoms with Gasteiger partial charge in [-0.3, -0.25) is 0 Å². The van der Waals surface area contributed by atoms with Crippen LogP contribution in [0, 0.1) is 34.5 Å². The van der Waals surface area contributed by atoms with Gasteiger partial charge in [-0.25, -0.2) is 0 Å². The monoisotopic (exact) mass is 250 g/mol. The van der Waals surface area contributed by atoms with E-state index < -0.39 is 0 Å². The summed E-state index contributed by atoms with van der Waals surface area (Å²) in [6.07, 6.45) is 8.43. The molecule has 6 unspecified atom stereocenters. The summed E-state index contributed by atoms with van der Waals surface area (Å²) in [5, 5.41) is 0. The molecule has 3 saturated carbocycles. The van der Waals surface area contributed by atoms with Crippen LogP contribution in [-0.2, 0) is 0 Å². The number of hydrogen-bond donors (Lipinski definition) is 2. The van der Waals surface area contributed by atoms with Crippen LogP contribution in [0.2, 0.25) is 0 Å². The minimum atomic E-state index is 0.428. The highest BCUT2D eigenvalue weighted by Gasteiger charge is 2.53. The molecule has 104 valence electrons. The molecule has 0 amide bonds. The van der Waals surface area contributed by atoms with E-state index in [4.69, 9.17) is 11.5 Å². The molecular formula is C16H30N2. The van der Waals surface area contributed by atoms with Gasteiger partial charge >= 0.3 is 0 Å². The van der Waals surface area contributed by atoms with Gasteiger partial charge in [0.25, 0.3) is 0 Å². The molecular weight excluding hydrogens is 220 g/mol. The lowest BCUT2D eigenvalue weighted by Crippen LogP contribution is -2.37. The van der Waals surface area contributed by atoms with Crippen molar-refractivity contribution in [3.05, 3.63) is 0 Å². The maximum atomic E-state index is 6.04. The summed E-state index contributed by atoms with van der Waals surface area (Å²) in [6, 6.07) is 0. The summed E-state index contributed by atoms with van der Waals surface area (Å²) in [5.41, 5.74) is 12.9. The van der Waals surface area contributed by atoms with E-state index in [0.29, 0.717) is 10.8 Å². The fraction of sp³-hybridized carbons (Fsp3) is 1.00. The van der Waals surface area contributed by atoms with Gasteiger partial charge in [-0.2, -0.15) is 0 Å². The third-order valence-corrected chi connectivity index (χ3v) is 6.67. The predicted octanol–water partition coefficient (Wildman–Crippen LogP) is 2.76. The topological polar surface area (TPSA) is 52.0 Å². The maximum Gasteiger partial charge on any atom is -0.00230 e. The summed E-state index contributed by atoms with van der Waals surface area (Å²) in [4.78, 5) is 0. The Morgan fingerprint density at radius 2 is 1.50 bits per heavy atom. The Kier molecular flexibility index (Phi) is 3.02. The van der Waals surface area contributed by atoms with E-state index in [2.05, 4.69) is 13.8 Å². The van der Waals surface area contributed by atoms with E-state index in [1.807, 2.05) is 0 Å². The summed E-state index contributed by atoms with van der Waals surface area (Å²) in [7, 11) is 0. The Bertz CT molecular complexity index is 329. The van der Waals surface area contributed by atoms with Gasteiger partial charge in [0.15, 0.2) is 0 Å². The Labute approximate surface area is 112 Å². The van der Waals surface area contributed by atoms with Gasteiger partial charge in [-0.15, -0.1) is 0 Å². The second kappa shape index (κ2) is 4.21. The van der Waals surface area contributed by atoms with Gasteiger partial charge in [0, 0.05) is 0 Å². The average Bonchev–Trinajstić information content (AvgIpc) is 2.61. The number of fused-ring (bicyclic) bond motifs is 5. The zero-order chi connectivity index (χ0) is 13.0. The summed E-state index contributed by atoms with van der Waals surface area (Å²) in [5.74, 6) is 3.90. The molecule has 3 aliphatic rings. The molecule has 0 aromatic carbocycles. The standard InChI is InChI=1S/C16H30N2/c1-15(9-17)4-3-13-11-5-12(14(13)8-15)7-16(2,6-11)10-18/h11-14H,3-10,17-18H2,1-2H3. The molecule has 0 spiro atoms. The van der Waals surface area contributed by atoms with Crippen molar-refractivity contribution in [1.82, 2.24) is 0 Å². The molecule has 2 nitrogen and oxygen atoms in total. The first kappa shape index (κ1) is 12.9. The van der Waals surface area contributed by atoms with Crippen LogP contribution >= 0.6 is 0 Å². The largest absolute Gasteiger partial charge is 0.330 e. The van der Waals surface area contributed by atoms with E-state index >= 15 is 0 Å². The first-order valence-electron chi connectivity index (χ1n) is 7.89. The second-order valence-corrected chi connectivity index (χ2v) is 8.26. The highest BCUT2D eigenvalue weighted by Crippen LogP contribution is 2.61. The quantitative estimate of drug-likeness (QED) is 0.792. The molecule has 0 aromatic rings. The van der Waals surface area contributed by atoms with Crippen molar-refractivity contribution in [2.24, 2.45) is 46.0 Å². The fourth-order valence-electron chi connectivity index (χ4n) is 5.56. The average molecular weight is 250 g/mol. The first-order valence-corrected chi connectivity index (χ1v) is 7.89. The van der Waals surface area contributed by atoms with E-state index in [1.54, 1.807) is 0 Å². The van der Waals surface area contributed by atoms with E-state index in [9.17, 15) is 0 Å². The van der Waals surface area contributed by atoms with Gasteiger partial charge in [-0.05, 0) is 86.1 Å². The van der Waals surface area contributed by atoms with Crippen molar-refractivity contribution < 1.29 is 0 Å².